The SMILES string of the molecule is CCCCCCNC(=O)C=Cc1ccc(-c2sc(-c3ccc[nH]3)nc2-c2ccc(OCC(=O)NCC(=O)O)cc2)cc1. The molecule has 4 aromatic rings. The molecule has 4 N–H and O–H groups in total. The molecule has 0 saturated heterocycles. The van der Waals surface area contributed by atoms with Crippen molar-refractivity contribution in [2.45, 2.75) is 32.6 Å². The van der Waals surface area contributed by atoms with Crippen molar-refractivity contribution in [2.75, 3.05) is 19.7 Å². The van der Waals surface area contributed by atoms with E-state index in [0.717, 1.165) is 50.8 Å². The van der Waals surface area contributed by atoms with Crippen molar-refractivity contribution >= 4 is 35.2 Å². The molecule has 0 saturated carbocycles. The molecule has 0 radical (unpaired) electrons. The highest BCUT2D eigenvalue weighted by Crippen LogP contribution is 2.40. The summed E-state index contributed by atoms with van der Waals surface area (Å²) in [5.74, 6) is -1.25. The fourth-order valence-corrected chi connectivity index (χ4v) is 5.19. The maximum atomic E-state index is 12.1. The molecule has 0 spiro atoms. The number of aromatic amines is 1. The van der Waals surface area contributed by atoms with Crippen LogP contribution in [0.4, 0.5) is 0 Å². The summed E-state index contributed by atoms with van der Waals surface area (Å²) in [5.41, 5.74) is 4.51. The van der Waals surface area contributed by atoms with Gasteiger partial charge in [0, 0.05) is 24.4 Å². The molecule has 0 bridgehead atoms. The van der Waals surface area contributed by atoms with Gasteiger partial charge >= 0.3 is 5.97 Å². The Morgan fingerprint density at radius 1 is 0.976 bits per heavy atom. The van der Waals surface area contributed by atoms with Crippen LogP contribution in [0.5, 0.6) is 5.75 Å². The van der Waals surface area contributed by atoms with Crippen molar-refractivity contribution in [3.05, 3.63) is 78.5 Å². The number of aromatic nitrogens is 2. The quantitative estimate of drug-likeness (QED) is 0.103. The van der Waals surface area contributed by atoms with Crippen LogP contribution in [0.1, 0.15) is 38.2 Å². The van der Waals surface area contributed by atoms with Gasteiger partial charge in [-0.1, -0.05) is 50.5 Å². The Bertz CT molecular complexity index is 1490. The molecule has 2 aromatic carbocycles. The molecule has 2 heterocycles. The first-order chi connectivity index (χ1) is 20.4. The first kappa shape index (κ1) is 30.3. The average molecular weight is 587 g/mol. The fraction of sp³-hybridized carbons (Fsp3) is 0.250. The normalized spacial score (nSPS) is 11.0. The number of carboxylic acid groups (broad SMARTS) is 1. The summed E-state index contributed by atoms with van der Waals surface area (Å²) in [7, 11) is 0. The molecule has 10 heteroatoms. The summed E-state index contributed by atoms with van der Waals surface area (Å²) >= 11 is 1.57. The summed E-state index contributed by atoms with van der Waals surface area (Å²) in [6.07, 6.45) is 9.70. The third-order valence-electron chi connectivity index (χ3n) is 6.32. The van der Waals surface area contributed by atoms with Crippen LogP contribution in [0.3, 0.4) is 0 Å². The number of carboxylic acids is 1. The molecule has 0 aliphatic rings. The first-order valence-corrected chi connectivity index (χ1v) is 14.7. The van der Waals surface area contributed by atoms with Gasteiger partial charge in [0.15, 0.2) is 6.61 Å². The molecule has 218 valence electrons. The molecule has 4 rings (SSSR count). The number of rotatable bonds is 15. The first-order valence-electron chi connectivity index (χ1n) is 13.9. The van der Waals surface area contributed by atoms with E-state index in [4.69, 9.17) is 14.8 Å². The van der Waals surface area contributed by atoms with Gasteiger partial charge in [-0.25, -0.2) is 4.98 Å². The lowest BCUT2D eigenvalue weighted by molar-refractivity contribution is -0.138. The number of nitrogens with zero attached hydrogens (tertiary/aromatic N) is 1. The molecule has 0 fully saturated rings. The van der Waals surface area contributed by atoms with Crippen molar-refractivity contribution < 1.29 is 24.2 Å². The minimum Gasteiger partial charge on any atom is -0.484 e. The number of nitrogens with one attached hydrogen (secondary N) is 3. The van der Waals surface area contributed by atoms with Gasteiger partial charge in [0.25, 0.3) is 5.91 Å². The van der Waals surface area contributed by atoms with Gasteiger partial charge in [-0.2, -0.15) is 0 Å². The van der Waals surface area contributed by atoms with Crippen LogP contribution in [0, 0.1) is 0 Å². The molecule has 2 amide bonds. The number of amides is 2. The molecule has 0 unspecified atom stereocenters. The lowest BCUT2D eigenvalue weighted by atomic mass is 10.0. The Kier molecular flexibility index (Phi) is 11.1. The molecule has 9 nitrogen and oxygen atoms in total. The van der Waals surface area contributed by atoms with Crippen molar-refractivity contribution in [3.63, 3.8) is 0 Å². The van der Waals surface area contributed by atoms with Crippen LogP contribution < -0.4 is 15.4 Å². The van der Waals surface area contributed by atoms with Gasteiger partial charge in [-0.15, -0.1) is 11.3 Å². The minimum atomic E-state index is -1.12. The fourth-order valence-electron chi connectivity index (χ4n) is 4.11. The monoisotopic (exact) mass is 586 g/mol. The average Bonchev–Trinajstić information content (AvgIpc) is 3.69. The number of carbonyl (C=O) groups is 3. The second kappa shape index (κ2) is 15.3. The Balaban J connectivity index is 1.47. The number of thiazole rings is 1. The number of ether oxygens (including phenoxy) is 1. The van der Waals surface area contributed by atoms with E-state index in [2.05, 4.69) is 22.5 Å². The second-order valence-corrected chi connectivity index (χ2v) is 10.6. The summed E-state index contributed by atoms with van der Waals surface area (Å²) < 4.78 is 5.50. The van der Waals surface area contributed by atoms with Crippen LogP contribution >= 0.6 is 11.3 Å². The smallest absolute Gasteiger partial charge is 0.322 e. The van der Waals surface area contributed by atoms with Crippen molar-refractivity contribution in [2.24, 2.45) is 0 Å². The predicted octanol–water partition coefficient (Wildman–Crippen LogP) is 5.76. The second-order valence-electron chi connectivity index (χ2n) is 9.57. The Hall–Kier alpha value is -4.70. The number of hydrogen-bond acceptors (Lipinski definition) is 6. The van der Waals surface area contributed by atoms with E-state index in [1.165, 1.54) is 12.8 Å². The van der Waals surface area contributed by atoms with Gasteiger partial charge < -0.3 is 25.5 Å². The molecular weight excluding hydrogens is 552 g/mol. The van der Waals surface area contributed by atoms with E-state index in [1.54, 1.807) is 29.5 Å². The lowest BCUT2D eigenvalue weighted by Crippen LogP contribution is -2.33. The number of hydrogen-bond donors (Lipinski definition) is 4. The van der Waals surface area contributed by atoms with Crippen LogP contribution in [0.15, 0.2) is 72.9 Å². The number of H-pyrrole nitrogens is 1. The molecule has 0 aliphatic carbocycles. The number of benzene rings is 2. The number of carbonyl (C=O) groups excluding carboxylic acids is 2. The molecule has 2 aromatic heterocycles. The van der Waals surface area contributed by atoms with E-state index < -0.39 is 18.4 Å². The molecular formula is C32H34N4O5S. The van der Waals surface area contributed by atoms with Gasteiger partial charge in [0.05, 0.1) is 16.3 Å². The third kappa shape index (κ3) is 8.90. The lowest BCUT2D eigenvalue weighted by Gasteiger charge is -2.08. The number of unbranched alkanes of at least 4 members (excludes halogenated alkanes) is 3. The molecule has 42 heavy (non-hydrogen) atoms. The molecule has 0 atom stereocenters. The van der Waals surface area contributed by atoms with E-state index in [0.29, 0.717) is 12.3 Å². The highest BCUT2D eigenvalue weighted by molar-refractivity contribution is 7.18. The standard InChI is InChI=1S/C32H34N4O5S/c1-2-3-4-5-18-34-27(37)17-10-22-8-11-24(12-9-22)31-30(36-32(42-31)26-7-6-19-33-26)23-13-15-25(16-14-23)41-21-28(38)35-20-29(39)40/h6-17,19,33H,2-5,18,20-21H2,1H3,(H,34,37)(H,35,38)(H,39,40). The van der Waals surface area contributed by atoms with Crippen molar-refractivity contribution in [1.29, 1.82) is 0 Å². The van der Waals surface area contributed by atoms with E-state index >= 15 is 0 Å². The zero-order valence-corrected chi connectivity index (χ0v) is 24.2. The van der Waals surface area contributed by atoms with Crippen LogP contribution in [0.2, 0.25) is 0 Å². The number of aliphatic carboxylic acids is 1. The maximum Gasteiger partial charge on any atom is 0.322 e. The maximum absolute atomic E-state index is 12.1. The van der Waals surface area contributed by atoms with Crippen molar-refractivity contribution in [3.8, 4) is 38.1 Å². The zero-order chi connectivity index (χ0) is 29.7. The summed E-state index contributed by atoms with van der Waals surface area (Å²) in [6, 6.07) is 19.1. The highest BCUT2D eigenvalue weighted by Gasteiger charge is 2.17. The Labute approximate surface area is 248 Å². The van der Waals surface area contributed by atoms with Gasteiger partial charge in [0.2, 0.25) is 5.91 Å². The van der Waals surface area contributed by atoms with E-state index in [-0.39, 0.29) is 12.5 Å². The third-order valence-corrected chi connectivity index (χ3v) is 7.46. The topological polar surface area (TPSA) is 133 Å². The Morgan fingerprint density at radius 2 is 1.74 bits per heavy atom. The summed E-state index contributed by atoms with van der Waals surface area (Å²) in [6.45, 7) is 2.11. The van der Waals surface area contributed by atoms with E-state index in [1.807, 2.05) is 60.8 Å². The Morgan fingerprint density at radius 3 is 2.43 bits per heavy atom. The van der Waals surface area contributed by atoms with Crippen LogP contribution in [-0.4, -0.2) is 52.6 Å². The highest BCUT2D eigenvalue weighted by atomic mass is 32.1. The zero-order valence-electron chi connectivity index (χ0n) is 23.4. The summed E-state index contributed by atoms with van der Waals surface area (Å²) in [4.78, 5) is 43.7. The van der Waals surface area contributed by atoms with Crippen molar-refractivity contribution in [1.82, 2.24) is 20.6 Å². The van der Waals surface area contributed by atoms with Gasteiger partial charge in [-0.05, 0) is 60.0 Å². The minimum absolute atomic E-state index is 0.0933. The van der Waals surface area contributed by atoms with E-state index in [9.17, 15) is 14.4 Å². The largest absolute Gasteiger partial charge is 0.484 e. The van der Waals surface area contributed by atoms with Crippen LogP contribution in [-0.2, 0) is 14.4 Å². The summed E-state index contributed by atoms with van der Waals surface area (Å²) in [5, 5.41) is 14.7. The van der Waals surface area contributed by atoms with Crippen LogP contribution in [0.25, 0.3) is 38.5 Å². The molecule has 0 aliphatic heterocycles. The predicted molar refractivity (Wildman–Crippen MR) is 165 cm³/mol. The van der Waals surface area contributed by atoms with Gasteiger partial charge in [0.1, 0.15) is 17.3 Å². The van der Waals surface area contributed by atoms with Gasteiger partial charge in [-0.3, -0.25) is 14.4 Å².